The number of carbonyl (C=O) groups excluding carboxylic acids is 3. The zero-order valence-electron chi connectivity index (χ0n) is 16.0. The summed E-state index contributed by atoms with van der Waals surface area (Å²) >= 11 is 1.44. The Kier molecular flexibility index (Phi) is 14.1. The van der Waals surface area contributed by atoms with Crippen molar-refractivity contribution >= 4 is 35.5 Å². The molecule has 0 bridgehead atoms. The Morgan fingerprint density at radius 3 is 2.18 bits per heavy atom. The number of amides is 3. The van der Waals surface area contributed by atoms with Crippen LogP contribution in [-0.2, 0) is 19.2 Å². The highest BCUT2D eigenvalue weighted by Crippen LogP contribution is 2.03. The average Bonchev–Trinajstić information content (AvgIpc) is 2.66. The molecular formula is C16H31N5O6S. The molecule has 3 unspecified atom stereocenters. The van der Waals surface area contributed by atoms with Crippen molar-refractivity contribution in [2.75, 3.05) is 31.7 Å². The van der Waals surface area contributed by atoms with E-state index in [9.17, 15) is 24.3 Å². The molecule has 3 amide bonds. The first-order chi connectivity index (χ1) is 13.3. The molecule has 28 heavy (non-hydrogen) atoms. The molecule has 0 spiro atoms. The van der Waals surface area contributed by atoms with Gasteiger partial charge in [0.2, 0.25) is 17.7 Å². The number of aliphatic hydroxyl groups excluding tert-OH is 1. The van der Waals surface area contributed by atoms with E-state index in [0.29, 0.717) is 31.6 Å². The number of carboxylic acid groups (broad SMARTS) is 1. The van der Waals surface area contributed by atoms with Gasteiger partial charge in [-0.05, 0) is 37.8 Å². The summed E-state index contributed by atoms with van der Waals surface area (Å²) in [7, 11) is 0. The van der Waals surface area contributed by atoms with Crippen molar-refractivity contribution in [2.45, 2.75) is 43.8 Å². The third-order valence-electron chi connectivity index (χ3n) is 3.78. The second-order valence-electron chi connectivity index (χ2n) is 6.09. The van der Waals surface area contributed by atoms with Gasteiger partial charge in [-0.2, -0.15) is 11.8 Å². The molecule has 0 aromatic heterocycles. The van der Waals surface area contributed by atoms with Crippen LogP contribution in [0.25, 0.3) is 0 Å². The van der Waals surface area contributed by atoms with Crippen molar-refractivity contribution < 1.29 is 29.4 Å². The van der Waals surface area contributed by atoms with Crippen molar-refractivity contribution in [3.8, 4) is 0 Å². The third-order valence-corrected chi connectivity index (χ3v) is 4.42. The van der Waals surface area contributed by atoms with Gasteiger partial charge in [0.15, 0.2) is 0 Å². The van der Waals surface area contributed by atoms with Gasteiger partial charge in [0.25, 0.3) is 0 Å². The molecule has 0 saturated carbocycles. The van der Waals surface area contributed by atoms with Crippen molar-refractivity contribution in [2.24, 2.45) is 11.5 Å². The van der Waals surface area contributed by atoms with Crippen LogP contribution in [-0.4, -0.2) is 83.7 Å². The largest absolute Gasteiger partial charge is 0.480 e. The standard InChI is InChI=1S/C16H31N5O6S/c1-28-7-5-11(15(26)19-8-13(23)24)20-16(27)12(9-22)21-14(25)10(18)4-2-3-6-17/h10-12,22H,2-9,17-18H2,1H3,(H,19,26)(H,20,27)(H,21,25)(H,23,24). The molecular weight excluding hydrogens is 390 g/mol. The quantitative estimate of drug-likeness (QED) is 0.138. The van der Waals surface area contributed by atoms with Crippen LogP contribution < -0.4 is 27.4 Å². The maximum atomic E-state index is 12.4. The number of hydrogen-bond donors (Lipinski definition) is 7. The highest BCUT2D eigenvalue weighted by Gasteiger charge is 2.27. The van der Waals surface area contributed by atoms with Gasteiger partial charge in [-0.1, -0.05) is 6.42 Å². The number of aliphatic hydroxyl groups is 1. The topological polar surface area (TPSA) is 197 Å². The SMILES string of the molecule is CSCCC(NC(=O)C(CO)NC(=O)C(N)CCCCN)C(=O)NCC(=O)O. The predicted molar refractivity (Wildman–Crippen MR) is 105 cm³/mol. The van der Waals surface area contributed by atoms with E-state index in [1.165, 1.54) is 11.8 Å². The Bertz CT molecular complexity index is 522. The highest BCUT2D eigenvalue weighted by molar-refractivity contribution is 7.98. The number of aliphatic carboxylic acids is 1. The molecule has 0 heterocycles. The zero-order chi connectivity index (χ0) is 21.5. The predicted octanol–water partition coefficient (Wildman–Crippen LogP) is -2.64. The lowest BCUT2D eigenvalue weighted by atomic mass is 10.1. The van der Waals surface area contributed by atoms with E-state index in [1.54, 1.807) is 0 Å². The molecule has 0 aromatic rings. The van der Waals surface area contributed by atoms with Crippen LogP contribution in [0.1, 0.15) is 25.7 Å². The molecule has 162 valence electrons. The molecule has 0 aliphatic carbocycles. The van der Waals surface area contributed by atoms with E-state index in [0.717, 1.165) is 0 Å². The fraction of sp³-hybridized carbons (Fsp3) is 0.750. The van der Waals surface area contributed by atoms with Crippen LogP contribution >= 0.6 is 11.8 Å². The van der Waals surface area contributed by atoms with Crippen molar-refractivity contribution in [1.82, 2.24) is 16.0 Å². The van der Waals surface area contributed by atoms with E-state index < -0.39 is 55.0 Å². The molecule has 0 radical (unpaired) electrons. The lowest BCUT2D eigenvalue weighted by molar-refractivity contribution is -0.138. The molecule has 0 fully saturated rings. The second kappa shape index (κ2) is 15.1. The number of nitrogens with two attached hydrogens (primary N) is 2. The Balaban J connectivity index is 4.82. The number of carbonyl (C=O) groups is 4. The van der Waals surface area contributed by atoms with Gasteiger partial charge in [0.1, 0.15) is 18.6 Å². The van der Waals surface area contributed by atoms with Crippen LogP contribution in [0.15, 0.2) is 0 Å². The highest BCUT2D eigenvalue weighted by atomic mass is 32.2. The summed E-state index contributed by atoms with van der Waals surface area (Å²) in [5.74, 6) is -2.70. The summed E-state index contributed by atoms with van der Waals surface area (Å²) in [4.78, 5) is 47.1. The maximum absolute atomic E-state index is 12.4. The molecule has 9 N–H and O–H groups in total. The second-order valence-corrected chi connectivity index (χ2v) is 7.07. The van der Waals surface area contributed by atoms with Gasteiger partial charge >= 0.3 is 5.97 Å². The van der Waals surface area contributed by atoms with Crippen LogP contribution in [0, 0.1) is 0 Å². The lowest BCUT2D eigenvalue weighted by Crippen LogP contribution is -2.57. The summed E-state index contributed by atoms with van der Waals surface area (Å²) in [6.07, 6.45) is 3.83. The zero-order valence-corrected chi connectivity index (χ0v) is 16.8. The Hall–Kier alpha value is -1.89. The molecule has 0 aliphatic heterocycles. The van der Waals surface area contributed by atoms with Crippen LogP contribution in [0.3, 0.4) is 0 Å². The smallest absolute Gasteiger partial charge is 0.322 e. The minimum Gasteiger partial charge on any atom is -0.480 e. The minimum absolute atomic E-state index is 0.253. The van der Waals surface area contributed by atoms with Gasteiger partial charge in [0.05, 0.1) is 12.6 Å². The fourth-order valence-electron chi connectivity index (χ4n) is 2.18. The summed E-state index contributed by atoms with van der Waals surface area (Å²) in [5, 5.41) is 25.1. The number of rotatable bonds is 15. The summed E-state index contributed by atoms with van der Waals surface area (Å²) in [6, 6.07) is -3.12. The minimum atomic E-state index is -1.28. The summed E-state index contributed by atoms with van der Waals surface area (Å²) in [5.41, 5.74) is 11.1. The van der Waals surface area contributed by atoms with Gasteiger partial charge in [-0.3, -0.25) is 19.2 Å². The van der Waals surface area contributed by atoms with Gasteiger partial charge in [-0.15, -0.1) is 0 Å². The number of nitrogens with one attached hydrogen (secondary N) is 3. The third kappa shape index (κ3) is 11.1. The normalized spacial score (nSPS) is 13.9. The molecule has 0 saturated heterocycles. The van der Waals surface area contributed by atoms with E-state index >= 15 is 0 Å². The van der Waals surface area contributed by atoms with Crippen LogP contribution in [0.2, 0.25) is 0 Å². The molecule has 0 aromatic carbocycles. The van der Waals surface area contributed by atoms with Crippen molar-refractivity contribution in [1.29, 1.82) is 0 Å². The van der Waals surface area contributed by atoms with E-state index in [1.807, 2.05) is 6.26 Å². The number of thioether (sulfide) groups is 1. The molecule has 3 atom stereocenters. The Labute approximate surface area is 168 Å². The van der Waals surface area contributed by atoms with Gasteiger partial charge < -0.3 is 37.6 Å². The van der Waals surface area contributed by atoms with Gasteiger partial charge in [-0.25, -0.2) is 0 Å². The molecule has 11 nitrogen and oxygen atoms in total. The summed E-state index contributed by atoms with van der Waals surface area (Å²) < 4.78 is 0. The van der Waals surface area contributed by atoms with Crippen LogP contribution in [0.5, 0.6) is 0 Å². The molecule has 0 aliphatic rings. The Morgan fingerprint density at radius 1 is 1.00 bits per heavy atom. The first kappa shape index (κ1) is 26.1. The summed E-state index contributed by atoms with van der Waals surface area (Å²) in [6.45, 7) is -0.779. The monoisotopic (exact) mass is 421 g/mol. The molecule has 12 heteroatoms. The van der Waals surface area contributed by atoms with E-state index in [-0.39, 0.29) is 6.42 Å². The fourth-order valence-corrected chi connectivity index (χ4v) is 2.65. The first-order valence-electron chi connectivity index (χ1n) is 8.92. The van der Waals surface area contributed by atoms with Crippen molar-refractivity contribution in [3.05, 3.63) is 0 Å². The van der Waals surface area contributed by atoms with Crippen molar-refractivity contribution in [3.63, 3.8) is 0 Å². The number of hydrogen-bond acceptors (Lipinski definition) is 8. The Morgan fingerprint density at radius 2 is 1.64 bits per heavy atom. The average molecular weight is 422 g/mol. The van der Waals surface area contributed by atoms with Gasteiger partial charge in [0, 0.05) is 0 Å². The first-order valence-corrected chi connectivity index (χ1v) is 10.3. The van der Waals surface area contributed by atoms with E-state index in [4.69, 9.17) is 16.6 Å². The maximum Gasteiger partial charge on any atom is 0.322 e. The number of carboxylic acids is 1. The lowest BCUT2D eigenvalue weighted by Gasteiger charge is -2.23. The number of unbranched alkanes of at least 4 members (excludes halogenated alkanes) is 1. The molecule has 0 rings (SSSR count). The van der Waals surface area contributed by atoms with Crippen LogP contribution in [0.4, 0.5) is 0 Å². The van der Waals surface area contributed by atoms with E-state index in [2.05, 4.69) is 16.0 Å².